The molecular weight excluding hydrogens is 582 g/mol. The first-order chi connectivity index (χ1) is 22.0. The van der Waals surface area contributed by atoms with Crippen LogP contribution in [0.4, 0.5) is 0 Å². The zero-order chi connectivity index (χ0) is 33.2. The van der Waals surface area contributed by atoms with Gasteiger partial charge in [-0.1, -0.05) is 92.7 Å². The summed E-state index contributed by atoms with van der Waals surface area (Å²) in [7, 11) is 0. The first-order valence-electron chi connectivity index (χ1n) is 15.9. The van der Waals surface area contributed by atoms with E-state index in [0.29, 0.717) is 18.6 Å². The van der Waals surface area contributed by atoms with E-state index in [1.54, 1.807) is 13.8 Å². The van der Waals surface area contributed by atoms with E-state index in [1.807, 2.05) is 92.7 Å². The number of nitrogens with one attached hydrogen (secondary N) is 2. The van der Waals surface area contributed by atoms with Crippen LogP contribution in [0.25, 0.3) is 0 Å². The Labute approximate surface area is 271 Å². The normalized spacial score (nSPS) is 15.7. The third kappa shape index (κ3) is 9.26. The Hall–Kier alpha value is -4.50. The molecule has 0 spiro atoms. The molecule has 4 amide bonds. The molecule has 3 aromatic carbocycles. The Bertz CT molecular complexity index is 1460. The van der Waals surface area contributed by atoms with Gasteiger partial charge in [0.25, 0.3) is 5.91 Å². The lowest BCUT2D eigenvalue weighted by Gasteiger charge is -2.32. The Morgan fingerprint density at radius 2 is 1.35 bits per heavy atom. The summed E-state index contributed by atoms with van der Waals surface area (Å²) >= 11 is 0. The number of rotatable bonds is 15. The maximum absolute atomic E-state index is 13.7. The Balaban J connectivity index is 1.53. The van der Waals surface area contributed by atoms with E-state index in [2.05, 4.69) is 10.6 Å². The summed E-state index contributed by atoms with van der Waals surface area (Å²) in [6.45, 7) is 7.22. The highest BCUT2D eigenvalue weighted by atomic mass is 16.5. The van der Waals surface area contributed by atoms with Crippen LogP contribution < -0.4 is 15.4 Å². The van der Waals surface area contributed by atoms with Gasteiger partial charge in [-0.15, -0.1) is 0 Å². The fraction of sp³-hybridized carbons (Fsp3) is 0.405. The van der Waals surface area contributed by atoms with Gasteiger partial charge in [0.1, 0.15) is 11.8 Å². The van der Waals surface area contributed by atoms with Crippen molar-refractivity contribution in [3.63, 3.8) is 0 Å². The van der Waals surface area contributed by atoms with Gasteiger partial charge in [-0.2, -0.15) is 0 Å². The molecule has 1 aliphatic heterocycles. The average Bonchev–Trinajstić information content (AvgIpc) is 3.34. The van der Waals surface area contributed by atoms with E-state index in [9.17, 15) is 24.3 Å². The van der Waals surface area contributed by atoms with Crippen LogP contribution in [0.5, 0.6) is 5.75 Å². The third-order valence-electron chi connectivity index (χ3n) is 8.33. The van der Waals surface area contributed by atoms with E-state index in [0.717, 1.165) is 27.2 Å². The summed E-state index contributed by atoms with van der Waals surface area (Å²) in [6, 6.07) is 22.7. The molecule has 1 heterocycles. The van der Waals surface area contributed by atoms with Gasteiger partial charge in [0.2, 0.25) is 17.7 Å². The molecule has 0 aromatic heterocycles. The number of amides is 4. The monoisotopic (exact) mass is 627 g/mol. The Kier molecular flexibility index (Phi) is 12.1. The van der Waals surface area contributed by atoms with E-state index in [1.165, 1.54) is 0 Å². The summed E-state index contributed by atoms with van der Waals surface area (Å²) < 4.78 is 5.88. The Morgan fingerprint density at radius 1 is 0.804 bits per heavy atom. The molecule has 244 valence electrons. The number of imide groups is 1. The van der Waals surface area contributed by atoms with Crippen molar-refractivity contribution in [2.24, 2.45) is 5.92 Å². The van der Waals surface area contributed by atoms with Crippen molar-refractivity contribution in [2.75, 3.05) is 6.61 Å². The van der Waals surface area contributed by atoms with Gasteiger partial charge in [0.15, 0.2) is 6.61 Å². The average molecular weight is 628 g/mol. The number of hydrogen-bond donors (Lipinski definition) is 3. The number of ether oxygens (including phenoxy) is 1. The molecule has 0 unspecified atom stereocenters. The van der Waals surface area contributed by atoms with Crippen molar-refractivity contribution in [2.45, 2.75) is 84.0 Å². The van der Waals surface area contributed by atoms with E-state index < -0.39 is 30.1 Å². The molecule has 9 nitrogen and oxygen atoms in total. The van der Waals surface area contributed by atoms with Gasteiger partial charge < -0.3 is 20.5 Å². The Morgan fingerprint density at radius 3 is 1.89 bits per heavy atom. The van der Waals surface area contributed by atoms with Crippen molar-refractivity contribution in [3.8, 4) is 5.75 Å². The number of carbonyl (C=O) groups is 4. The minimum absolute atomic E-state index is 0.0927. The van der Waals surface area contributed by atoms with Crippen LogP contribution in [0.3, 0.4) is 0 Å². The first kappa shape index (κ1) is 34.4. The number of nitrogens with zero attached hydrogens (tertiary/aromatic N) is 1. The van der Waals surface area contributed by atoms with Gasteiger partial charge >= 0.3 is 0 Å². The highest BCUT2D eigenvalue weighted by Gasteiger charge is 2.41. The molecule has 46 heavy (non-hydrogen) atoms. The van der Waals surface area contributed by atoms with Crippen molar-refractivity contribution in [1.82, 2.24) is 15.5 Å². The van der Waals surface area contributed by atoms with Gasteiger partial charge in [0.05, 0.1) is 12.1 Å². The number of aliphatic hydroxyl groups excluding tert-OH is 1. The number of aliphatic hydroxyl groups is 1. The van der Waals surface area contributed by atoms with Crippen molar-refractivity contribution in [1.29, 1.82) is 0 Å². The zero-order valence-electron chi connectivity index (χ0n) is 27.1. The molecule has 4 rings (SSSR count). The van der Waals surface area contributed by atoms with Crippen LogP contribution in [-0.2, 0) is 32.0 Å². The molecule has 9 heteroatoms. The smallest absolute Gasteiger partial charge is 0.258 e. The SMILES string of the molecule is Cc1cccc(C)c1OCC(=O)N[C@@H](Cc1ccccc1)[C@@H](O)C[C@H](Cc1ccccc1)NC(=O)[C@H](C(C)C)N1C(=O)CCC1=O. The summed E-state index contributed by atoms with van der Waals surface area (Å²) in [5.74, 6) is -1.19. The standard InChI is InChI=1S/C37H45N3O6/c1-24(2)35(40-33(43)18-19-34(40)44)37(45)38-29(20-27-14-7-5-8-15-27)22-31(41)30(21-28-16-9-6-10-17-28)39-32(42)23-46-36-25(3)12-11-13-26(36)4/h5-17,24,29-31,35,41H,18-23H2,1-4H3,(H,38,45)(H,39,42)/t29-,30-,31-,35-/m0/s1. The van der Waals surface area contributed by atoms with E-state index >= 15 is 0 Å². The number of hydrogen-bond acceptors (Lipinski definition) is 6. The van der Waals surface area contributed by atoms with Gasteiger partial charge in [-0.25, -0.2) is 0 Å². The molecule has 1 saturated heterocycles. The number of carbonyl (C=O) groups excluding carboxylic acids is 4. The van der Waals surface area contributed by atoms with Crippen LogP contribution in [0, 0.1) is 19.8 Å². The molecular formula is C37H45N3O6. The minimum Gasteiger partial charge on any atom is -0.483 e. The summed E-state index contributed by atoms with van der Waals surface area (Å²) in [5.41, 5.74) is 3.72. The largest absolute Gasteiger partial charge is 0.483 e. The molecule has 3 aromatic rings. The number of aryl methyl sites for hydroxylation is 2. The summed E-state index contributed by atoms with van der Waals surface area (Å²) in [6.07, 6.45) is 0.00588. The summed E-state index contributed by atoms with van der Waals surface area (Å²) in [4.78, 5) is 53.1. The highest BCUT2D eigenvalue weighted by Crippen LogP contribution is 2.23. The van der Waals surface area contributed by atoms with E-state index in [-0.39, 0.29) is 49.5 Å². The van der Waals surface area contributed by atoms with Gasteiger partial charge in [-0.3, -0.25) is 24.1 Å². The van der Waals surface area contributed by atoms with Crippen LogP contribution in [0.15, 0.2) is 78.9 Å². The van der Waals surface area contributed by atoms with E-state index in [4.69, 9.17) is 4.74 Å². The number of benzene rings is 3. The van der Waals surface area contributed by atoms with Crippen molar-refractivity contribution in [3.05, 3.63) is 101 Å². The lowest BCUT2D eigenvalue weighted by atomic mass is 9.92. The zero-order valence-corrected chi connectivity index (χ0v) is 27.1. The molecule has 4 atom stereocenters. The van der Waals surface area contributed by atoms with Crippen LogP contribution in [0.1, 0.15) is 55.4 Å². The van der Waals surface area contributed by atoms with Gasteiger partial charge in [-0.05, 0) is 61.3 Å². The second-order valence-corrected chi connectivity index (χ2v) is 12.4. The second-order valence-electron chi connectivity index (χ2n) is 12.4. The highest BCUT2D eigenvalue weighted by molar-refractivity contribution is 6.05. The van der Waals surface area contributed by atoms with Crippen LogP contribution >= 0.6 is 0 Å². The fourth-order valence-electron chi connectivity index (χ4n) is 6.02. The molecule has 0 bridgehead atoms. The fourth-order valence-corrected chi connectivity index (χ4v) is 6.02. The first-order valence-corrected chi connectivity index (χ1v) is 15.9. The maximum Gasteiger partial charge on any atom is 0.258 e. The minimum atomic E-state index is -1.05. The van der Waals surface area contributed by atoms with Crippen LogP contribution in [0.2, 0.25) is 0 Å². The molecule has 3 N–H and O–H groups in total. The summed E-state index contributed by atoms with van der Waals surface area (Å²) in [5, 5.41) is 17.7. The number of para-hydroxylation sites is 1. The molecule has 1 aliphatic rings. The number of likely N-dealkylation sites (tertiary alicyclic amines) is 1. The quantitative estimate of drug-likeness (QED) is 0.218. The molecule has 0 saturated carbocycles. The third-order valence-corrected chi connectivity index (χ3v) is 8.33. The predicted molar refractivity (Wildman–Crippen MR) is 176 cm³/mol. The lowest BCUT2D eigenvalue weighted by Crippen LogP contribution is -2.55. The van der Waals surface area contributed by atoms with Crippen molar-refractivity contribution < 1.29 is 29.0 Å². The molecule has 0 aliphatic carbocycles. The van der Waals surface area contributed by atoms with Crippen molar-refractivity contribution >= 4 is 23.6 Å². The second kappa shape index (κ2) is 16.2. The topological polar surface area (TPSA) is 125 Å². The predicted octanol–water partition coefficient (Wildman–Crippen LogP) is 4.06. The molecule has 1 fully saturated rings. The molecule has 0 radical (unpaired) electrons. The van der Waals surface area contributed by atoms with Crippen LogP contribution in [-0.4, -0.2) is 64.5 Å². The van der Waals surface area contributed by atoms with Gasteiger partial charge in [0, 0.05) is 18.9 Å². The maximum atomic E-state index is 13.7. The lowest BCUT2D eigenvalue weighted by molar-refractivity contribution is -0.148.